The lowest BCUT2D eigenvalue weighted by Gasteiger charge is -2.61. The molecule has 170 valence electrons. The largest absolute Gasteiger partial charge is 0.349 e. The van der Waals surface area contributed by atoms with Crippen molar-refractivity contribution in [1.29, 1.82) is 0 Å². The number of fused-ring (bicyclic) bond motifs is 7. The Morgan fingerprint density at radius 2 is 1.50 bits per heavy atom. The first-order valence-electron chi connectivity index (χ1n) is 13.6. The Kier molecular flexibility index (Phi) is 4.60. The van der Waals surface area contributed by atoms with Crippen molar-refractivity contribution in [1.82, 2.24) is 0 Å². The van der Waals surface area contributed by atoms with Crippen molar-refractivity contribution in [3.63, 3.8) is 0 Å². The first kappa shape index (κ1) is 20.5. The minimum absolute atomic E-state index is 0.254. The standard InChI is InChI=1S/C28H46O2/c1-17-8-11-26(4)20(14-17)6-7-21-22(26)10-12-27(5)23(21)15-24-25(27)19(3)28(30-24)13-9-18(2)16-29-28/h17-25H,6-16H2,1-5H3/t17-,18+,19-,20-,21-,22-,23-,24-,25-,26-,27-,28+/m0/s1. The van der Waals surface area contributed by atoms with Crippen LogP contribution in [0.15, 0.2) is 0 Å². The summed E-state index contributed by atoms with van der Waals surface area (Å²) < 4.78 is 13.4. The summed E-state index contributed by atoms with van der Waals surface area (Å²) in [6, 6.07) is 0. The number of hydrogen-bond acceptors (Lipinski definition) is 2. The van der Waals surface area contributed by atoms with Crippen LogP contribution in [0.3, 0.4) is 0 Å². The third-order valence-corrected chi connectivity index (χ3v) is 12.2. The van der Waals surface area contributed by atoms with E-state index in [1.807, 2.05) is 0 Å². The Bertz CT molecular complexity index is 680. The maximum atomic E-state index is 6.93. The molecule has 1 spiro atoms. The van der Waals surface area contributed by atoms with Gasteiger partial charge >= 0.3 is 0 Å². The van der Waals surface area contributed by atoms with Crippen LogP contribution < -0.4 is 0 Å². The molecule has 2 saturated heterocycles. The first-order valence-corrected chi connectivity index (χ1v) is 13.6. The molecule has 0 radical (unpaired) electrons. The van der Waals surface area contributed by atoms with Crippen molar-refractivity contribution in [2.75, 3.05) is 6.61 Å². The van der Waals surface area contributed by atoms with E-state index >= 15 is 0 Å². The number of ether oxygens (including phenoxy) is 2. The van der Waals surface area contributed by atoms with E-state index in [2.05, 4.69) is 34.6 Å². The van der Waals surface area contributed by atoms with E-state index in [1.54, 1.807) is 0 Å². The predicted molar refractivity (Wildman–Crippen MR) is 121 cm³/mol. The topological polar surface area (TPSA) is 18.5 Å². The minimum Gasteiger partial charge on any atom is -0.349 e. The summed E-state index contributed by atoms with van der Waals surface area (Å²) in [5.74, 6) is 6.52. The van der Waals surface area contributed by atoms with E-state index < -0.39 is 0 Å². The fraction of sp³-hybridized carbons (Fsp3) is 1.00. The first-order chi connectivity index (χ1) is 14.3. The molecule has 0 aromatic carbocycles. The molecule has 0 aromatic rings. The monoisotopic (exact) mass is 414 g/mol. The highest BCUT2D eigenvalue weighted by Crippen LogP contribution is 2.71. The molecule has 6 aliphatic rings. The maximum Gasteiger partial charge on any atom is 0.171 e. The summed E-state index contributed by atoms with van der Waals surface area (Å²) in [5.41, 5.74) is 1.11. The van der Waals surface area contributed by atoms with Gasteiger partial charge in [-0.25, -0.2) is 0 Å². The lowest BCUT2D eigenvalue weighted by atomic mass is 9.44. The Morgan fingerprint density at radius 1 is 0.733 bits per heavy atom. The summed E-state index contributed by atoms with van der Waals surface area (Å²) in [7, 11) is 0. The van der Waals surface area contributed by atoms with Gasteiger partial charge in [0.2, 0.25) is 0 Å². The molecular formula is C28H46O2. The second kappa shape index (κ2) is 6.72. The van der Waals surface area contributed by atoms with E-state index in [-0.39, 0.29) is 5.79 Å². The third-order valence-electron chi connectivity index (χ3n) is 12.2. The molecule has 12 atom stereocenters. The van der Waals surface area contributed by atoms with Gasteiger partial charge in [-0.1, -0.05) is 41.0 Å². The van der Waals surface area contributed by atoms with Gasteiger partial charge in [-0.05, 0) is 104 Å². The summed E-state index contributed by atoms with van der Waals surface area (Å²) in [5, 5.41) is 0. The average molecular weight is 415 g/mol. The molecule has 0 aromatic heterocycles. The van der Waals surface area contributed by atoms with E-state index in [0.717, 1.165) is 42.6 Å². The van der Waals surface area contributed by atoms with Crippen LogP contribution in [0.25, 0.3) is 0 Å². The van der Waals surface area contributed by atoms with Crippen molar-refractivity contribution in [3.8, 4) is 0 Å². The molecule has 2 nitrogen and oxygen atoms in total. The van der Waals surface area contributed by atoms with Crippen LogP contribution in [0, 0.1) is 58.2 Å². The fourth-order valence-electron chi connectivity index (χ4n) is 10.5. The zero-order chi connectivity index (χ0) is 20.9. The molecule has 2 aliphatic heterocycles. The lowest BCUT2D eigenvalue weighted by molar-refractivity contribution is -0.273. The minimum atomic E-state index is -0.254. The number of rotatable bonds is 0. The van der Waals surface area contributed by atoms with Crippen LogP contribution in [0.1, 0.15) is 98.8 Å². The normalized spacial score (nSPS) is 62.5. The SMILES string of the molecule is C[C@@H]1CC[C@@]2(OC1)O[C@H]1C[C@H]3[C@H]4CC[C@H]5C[C@@H](C)CC[C@]5(C)[C@H]4CC[C@]3(C)[C@H]1[C@@H]2C. The molecule has 30 heavy (non-hydrogen) atoms. The van der Waals surface area contributed by atoms with Gasteiger partial charge in [0, 0.05) is 12.3 Å². The van der Waals surface area contributed by atoms with E-state index in [0.29, 0.717) is 34.7 Å². The van der Waals surface area contributed by atoms with Gasteiger partial charge in [0.1, 0.15) is 0 Å². The molecular weight excluding hydrogens is 368 g/mol. The van der Waals surface area contributed by atoms with Crippen molar-refractivity contribution in [2.24, 2.45) is 58.2 Å². The Morgan fingerprint density at radius 3 is 2.27 bits per heavy atom. The quantitative estimate of drug-likeness (QED) is 0.422. The summed E-state index contributed by atoms with van der Waals surface area (Å²) in [4.78, 5) is 0. The van der Waals surface area contributed by atoms with Crippen LogP contribution in [-0.2, 0) is 9.47 Å². The Labute approximate surface area is 185 Å². The van der Waals surface area contributed by atoms with Gasteiger partial charge in [-0.3, -0.25) is 0 Å². The highest BCUT2D eigenvalue weighted by Gasteiger charge is 2.69. The molecule has 2 heteroatoms. The maximum absolute atomic E-state index is 6.93. The summed E-state index contributed by atoms with van der Waals surface area (Å²) in [6.45, 7) is 13.6. The Balaban J connectivity index is 1.26. The molecule has 4 aliphatic carbocycles. The van der Waals surface area contributed by atoms with Crippen molar-refractivity contribution < 1.29 is 9.47 Å². The molecule has 6 fully saturated rings. The number of hydrogen-bond donors (Lipinski definition) is 0. The fourth-order valence-corrected chi connectivity index (χ4v) is 10.5. The summed E-state index contributed by atoms with van der Waals surface area (Å²) in [6.07, 6.45) is 14.6. The third kappa shape index (κ3) is 2.62. The zero-order valence-electron chi connectivity index (χ0n) is 20.3. The highest BCUT2D eigenvalue weighted by atomic mass is 16.7. The van der Waals surface area contributed by atoms with Crippen LogP contribution >= 0.6 is 0 Å². The molecule has 2 heterocycles. The Hall–Kier alpha value is -0.0800. The van der Waals surface area contributed by atoms with Crippen LogP contribution in [-0.4, -0.2) is 18.5 Å². The molecule has 0 N–H and O–H groups in total. The van der Waals surface area contributed by atoms with E-state index in [1.165, 1.54) is 57.8 Å². The van der Waals surface area contributed by atoms with Crippen molar-refractivity contribution >= 4 is 0 Å². The second-order valence-corrected chi connectivity index (χ2v) is 13.6. The van der Waals surface area contributed by atoms with Crippen LogP contribution in [0.5, 0.6) is 0 Å². The van der Waals surface area contributed by atoms with Gasteiger partial charge in [-0.2, -0.15) is 0 Å². The summed E-state index contributed by atoms with van der Waals surface area (Å²) >= 11 is 0. The van der Waals surface area contributed by atoms with E-state index in [9.17, 15) is 0 Å². The van der Waals surface area contributed by atoms with Gasteiger partial charge in [0.05, 0.1) is 12.7 Å². The average Bonchev–Trinajstić information content (AvgIpc) is 3.16. The molecule has 4 saturated carbocycles. The van der Waals surface area contributed by atoms with Crippen molar-refractivity contribution in [3.05, 3.63) is 0 Å². The van der Waals surface area contributed by atoms with Gasteiger partial charge in [-0.15, -0.1) is 0 Å². The smallest absolute Gasteiger partial charge is 0.171 e. The van der Waals surface area contributed by atoms with Crippen molar-refractivity contribution in [2.45, 2.75) is 111 Å². The lowest BCUT2D eigenvalue weighted by Crippen LogP contribution is -2.54. The predicted octanol–water partition coefficient (Wildman–Crippen LogP) is 7.07. The molecule has 0 unspecified atom stereocenters. The molecule has 0 bridgehead atoms. The van der Waals surface area contributed by atoms with Gasteiger partial charge < -0.3 is 9.47 Å². The second-order valence-electron chi connectivity index (χ2n) is 13.6. The van der Waals surface area contributed by atoms with Crippen LogP contribution in [0.2, 0.25) is 0 Å². The van der Waals surface area contributed by atoms with Crippen LogP contribution in [0.4, 0.5) is 0 Å². The van der Waals surface area contributed by atoms with Gasteiger partial charge in [0.25, 0.3) is 0 Å². The van der Waals surface area contributed by atoms with Gasteiger partial charge in [0.15, 0.2) is 5.79 Å². The molecule has 6 rings (SSSR count). The van der Waals surface area contributed by atoms with E-state index in [4.69, 9.17) is 9.47 Å². The molecule has 0 amide bonds. The highest BCUT2D eigenvalue weighted by molar-refractivity contribution is 5.15. The zero-order valence-corrected chi connectivity index (χ0v) is 20.3.